The zero-order valence-corrected chi connectivity index (χ0v) is 12.1. The fraction of sp³-hybridized carbons (Fsp3) is 0.357. The van der Waals surface area contributed by atoms with Crippen LogP contribution >= 0.6 is 12.2 Å². The summed E-state index contributed by atoms with van der Waals surface area (Å²) >= 11 is 5.09. The Balaban J connectivity index is 2.41. The number of H-pyrrole nitrogens is 2. The fourth-order valence-electron chi connectivity index (χ4n) is 2.00. The number of carbonyl (C=O) groups excluding carboxylic acids is 1. The van der Waals surface area contributed by atoms with E-state index in [4.69, 9.17) is 12.2 Å². The quantitative estimate of drug-likeness (QED) is 0.665. The molecule has 2 aromatic heterocycles. The number of ketones is 1. The van der Waals surface area contributed by atoms with Crippen molar-refractivity contribution in [3.63, 3.8) is 0 Å². The lowest BCUT2D eigenvalue weighted by molar-refractivity contribution is 0.103. The molecule has 2 heterocycles. The fourth-order valence-corrected chi connectivity index (χ4v) is 2.22. The molecule has 2 N–H and O–H groups in total. The number of aryl methyl sites for hydroxylation is 1. The Bertz CT molecular complexity index is 655. The predicted molar refractivity (Wildman–Crippen MR) is 76.9 cm³/mol. The number of hydrogen-bond donors (Lipinski definition) is 2. The average molecular weight is 275 g/mol. The Morgan fingerprint density at radius 2 is 2.11 bits per heavy atom. The van der Waals surface area contributed by atoms with Gasteiger partial charge in [-0.2, -0.15) is 0 Å². The lowest BCUT2D eigenvalue weighted by Crippen LogP contribution is -2.08. The Hall–Kier alpha value is -1.75. The summed E-state index contributed by atoms with van der Waals surface area (Å²) in [5.74, 6) is 0.378. The van der Waals surface area contributed by atoms with Gasteiger partial charge in [-0.1, -0.05) is 13.8 Å². The molecule has 0 amide bonds. The van der Waals surface area contributed by atoms with E-state index in [0.717, 1.165) is 17.7 Å². The molecule has 100 valence electrons. The van der Waals surface area contributed by atoms with E-state index in [1.807, 2.05) is 13.0 Å². The first-order chi connectivity index (χ1) is 8.97. The first-order valence-corrected chi connectivity index (χ1v) is 6.65. The number of imidazole rings is 1. The van der Waals surface area contributed by atoms with Gasteiger partial charge in [-0.15, -0.1) is 0 Å². The van der Waals surface area contributed by atoms with Gasteiger partial charge in [0.1, 0.15) is 5.69 Å². The SMILES string of the molecule is Cc1cncc(C(=O)c2[nH]c(=S)[nH]c2CC(C)C)c1. The van der Waals surface area contributed by atoms with Crippen LogP contribution in [0.3, 0.4) is 0 Å². The van der Waals surface area contributed by atoms with Crippen molar-refractivity contribution in [1.82, 2.24) is 15.0 Å². The van der Waals surface area contributed by atoms with Crippen molar-refractivity contribution in [3.8, 4) is 0 Å². The van der Waals surface area contributed by atoms with E-state index < -0.39 is 0 Å². The number of pyridine rings is 1. The highest BCUT2D eigenvalue weighted by molar-refractivity contribution is 7.71. The molecule has 0 unspecified atom stereocenters. The van der Waals surface area contributed by atoms with Crippen LogP contribution in [0.4, 0.5) is 0 Å². The third-order valence-electron chi connectivity index (χ3n) is 2.78. The van der Waals surface area contributed by atoms with Crippen LogP contribution in [0, 0.1) is 17.6 Å². The molecule has 2 aromatic rings. The van der Waals surface area contributed by atoms with Gasteiger partial charge in [0, 0.05) is 23.7 Å². The molecule has 0 saturated heterocycles. The van der Waals surface area contributed by atoms with Gasteiger partial charge in [0.2, 0.25) is 5.78 Å². The third-order valence-corrected chi connectivity index (χ3v) is 2.99. The van der Waals surface area contributed by atoms with E-state index in [2.05, 4.69) is 28.8 Å². The van der Waals surface area contributed by atoms with E-state index in [1.54, 1.807) is 12.4 Å². The Labute approximate surface area is 117 Å². The number of rotatable bonds is 4. The zero-order chi connectivity index (χ0) is 14.0. The summed E-state index contributed by atoms with van der Waals surface area (Å²) in [5, 5.41) is 0. The minimum absolute atomic E-state index is 0.0702. The molecule has 0 aliphatic carbocycles. The van der Waals surface area contributed by atoms with Gasteiger partial charge in [-0.25, -0.2) is 0 Å². The number of carbonyl (C=O) groups is 1. The standard InChI is InChI=1S/C14H17N3OS/c1-8(2)4-11-12(17-14(19)16-11)13(18)10-5-9(3)6-15-7-10/h5-8H,4H2,1-3H3,(H2,16,17,19). The van der Waals surface area contributed by atoms with Crippen LogP contribution in [0.15, 0.2) is 18.5 Å². The highest BCUT2D eigenvalue weighted by Crippen LogP contribution is 2.15. The first-order valence-electron chi connectivity index (χ1n) is 6.25. The molecule has 0 aliphatic heterocycles. The van der Waals surface area contributed by atoms with Crippen LogP contribution in [-0.4, -0.2) is 20.7 Å². The second-order valence-corrected chi connectivity index (χ2v) is 5.52. The third kappa shape index (κ3) is 3.17. The number of hydrogen-bond acceptors (Lipinski definition) is 3. The summed E-state index contributed by atoms with van der Waals surface area (Å²) in [6.45, 7) is 6.12. The van der Waals surface area contributed by atoms with Crippen molar-refractivity contribution in [3.05, 3.63) is 45.7 Å². The number of aromatic amines is 2. The second kappa shape index (κ2) is 5.48. The van der Waals surface area contributed by atoms with Gasteiger partial charge >= 0.3 is 0 Å². The van der Waals surface area contributed by atoms with Crippen LogP contribution in [0.2, 0.25) is 0 Å². The normalized spacial score (nSPS) is 10.9. The Morgan fingerprint density at radius 1 is 1.37 bits per heavy atom. The summed E-state index contributed by atoms with van der Waals surface area (Å²) in [5.41, 5.74) is 2.96. The van der Waals surface area contributed by atoms with E-state index in [0.29, 0.717) is 21.9 Å². The zero-order valence-electron chi connectivity index (χ0n) is 11.3. The van der Waals surface area contributed by atoms with Crippen molar-refractivity contribution < 1.29 is 4.79 Å². The smallest absolute Gasteiger partial charge is 0.212 e. The minimum Gasteiger partial charge on any atom is -0.334 e. The Morgan fingerprint density at radius 3 is 2.74 bits per heavy atom. The van der Waals surface area contributed by atoms with E-state index in [1.165, 1.54) is 0 Å². The molecular weight excluding hydrogens is 258 g/mol. The van der Waals surface area contributed by atoms with E-state index in [-0.39, 0.29) is 5.78 Å². The van der Waals surface area contributed by atoms with Crippen molar-refractivity contribution in [2.24, 2.45) is 5.92 Å². The summed E-state index contributed by atoms with van der Waals surface area (Å²) in [6, 6.07) is 1.83. The van der Waals surface area contributed by atoms with Crippen LogP contribution in [0.25, 0.3) is 0 Å². The van der Waals surface area contributed by atoms with Gasteiger partial charge < -0.3 is 9.97 Å². The van der Waals surface area contributed by atoms with Gasteiger partial charge in [0.15, 0.2) is 4.77 Å². The lowest BCUT2D eigenvalue weighted by atomic mass is 10.0. The summed E-state index contributed by atoms with van der Waals surface area (Å²) in [4.78, 5) is 22.5. The molecule has 0 aromatic carbocycles. The minimum atomic E-state index is -0.0702. The molecule has 0 fully saturated rings. The first kappa shape index (κ1) is 13.7. The lowest BCUT2D eigenvalue weighted by Gasteiger charge is -2.05. The van der Waals surface area contributed by atoms with Crippen molar-refractivity contribution in [2.45, 2.75) is 27.2 Å². The average Bonchev–Trinajstić information content (AvgIpc) is 2.68. The summed E-state index contributed by atoms with van der Waals surface area (Å²) < 4.78 is 0.486. The van der Waals surface area contributed by atoms with Gasteiger partial charge in [-0.3, -0.25) is 9.78 Å². The molecule has 5 heteroatoms. The predicted octanol–water partition coefficient (Wildman–Crippen LogP) is 3.21. The largest absolute Gasteiger partial charge is 0.334 e. The molecule has 0 atom stereocenters. The number of nitrogens with zero attached hydrogens (tertiary/aromatic N) is 1. The number of aromatic nitrogens is 3. The van der Waals surface area contributed by atoms with Gasteiger partial charge in [0.05, 0.1) is 0 Å². The van der Waals surface area contributed by atoms with E-state index >= 15 is 0 Å². The van der Waals surface area contributed by atoms with Gasteiger partial charge in [-0.05, 0) is 43.1 Å². The summed E-state index contributed by atoms with van der Waals surface area (Å²) in [7, 11) is 0. The molecule has 0 aliphatic rings. The molecule has 0 spiro atoms. The van der Waals surface area contributed by atoms with Crippen LogP contribution in [0.5, 0.6) is 0 Å². The molecule has 0 bridgehead atoms. The molecular formula is C14H17N3OS. The van der Waals surface area contributed by atoms with Crippen molar-refractivity contribution in [2.75, 3.05) is 0 Å². The van der Waals surface area contributed by atoms with Crippen LogP contribution in [-0.2, 0) is 6.42 Å². The monoisotopic (exact) mass is 275 g/mol. The molecule has 0 radical (unpaired) electrons. The highest BCUT2D eigenvalue weighted by atomic mass is 32.1. The number of nitrogens with one attached hydrogen (secondary N) is 2. The van der Waals surface area contributed by atoms with Gasteiger partial charge in [0.25, 0.3) is 0 Å². The second-order valence-electron chi connectivity index (χ2n) is 5.11. The molecule has 4 nitrogen and oxygen atoms in total. The molecule has 19 heavy (non-hydrogen) atoms. The highest BCUT2D eigenvalue weighted by Gasteiger charge is 2.17. The maximum Gasteiger partial charge on any atom is 0.212 e. The van der Waals surface area contributed by atoms with Crippen molar-refractivity contribution in [1.29, 1.82) is 0 Å². The maximum atomic E-state index is 12.5. The van der Waals surface area contributed by atoms with Crippen molar-refractivity contribution >= 4 is 18.0 Å². The van der Waals surface area contributed by atoms with E-state index in [9.17, 15) is 4.79 Å². The van der Waals surface area contributed by atoms with Crippen LogP contribution < -0.4 is 0 Å². The molecule has 0 saturated carbocycles. The molecule has 2 rings (SSSR count). The Kier molecular flexibility index (Phi) is 3.95. The summed E-state index contributed by atoms with van der Waals surface area (Å²) in [6.07, 6.45) is 4.09. The topological polar surface area (TPSA) is 61.5 Å². The maximum absolute atomic E-state index is 12.5. The van der Waals surface area contributed by atoms with Crippen LogP contribution in [0.1, 0.15) is 41.2 Å².